The average molecular weight is 338 g/mol. The summed E-state index contributed by atoms with van der Waals surface area (Å²) in [4.78, 5) is 18.5. The highest BCUT2D eigenvalue weighted by molar-refractivity contribution is 5.48. The molecule has 1 aliphatic heterocycles. The van der Waals surface area contributed by atoms with Crippen LogP contribution in [0, 0.1) is 6.92 Å². The van der Waals surface area contributed by atoms with Gasteiger partial charge in [0.15, 0.2) is 0 Å². The Labute approximate surface area is 149 Å². The second-order valence-electron chi connectivity index (χ2n) is 6.98. The van der Waals surface area contributed by atoms with E-state index >= 15 is 0 Å². The van der Waals surface area contributed by atoms with Crippen LogP contribution >= 0.6 is 0 Å². The Kier molecular flexibility index (Phi) is 4.68. The molecule has 6 nitrogen and oxygen atoms in total. The average Bonchev–Trinajstić information content (AvgIpc) is 3.15. The fraction of sp³-hybridized carbons (Fsp3) is 0.526. The highest BCUT2D eigenvalue weighted by Gasteiger charge is 2.21. The second kappa shape index (κ2) is 7.25. The minimum absolute atomic E-state index is 0.538. The van der Waals surface area contributed by atoms with Crippen LogP contribution in [0.1, 0.15) is 31.4 Å². The van der Waals surface area contributed by atoms with Crippen molar-refractivity contribution < 1.29 is 0 Å². The van der Waals surface area contributed by atoms with Crippen LogP contribution in [0.2, 0.25) is 0 Å². The SMILES string of the molecule is Cc1cc(N2CCN(c3ccccn3)CC2)nc(NC2CCCC2)n1. The molecule has 25 heavy (non-hydrogen) atoms. The molecule has 0 aromatic carbocycles. The highest BCUT2D eigenvalue weighted by atomic mass is 15.3. The summed E-state index contributed by atoms with van der Waals surface area (Å²) in [6.45, 7) is 5.89. The molecule has 0 radical (unpaired) electrons. The Morgan fingerprint density at radius 1 is 0.960 bits per heavy atom. The lowest BCUT2D eigenvalue weighted by Crippen LogP contribution is -2.47. The van der Waals surface area contributed by atoms with E-state index in [1.54, 1.807) is 0 Å². The third kappa shape index (κ3) is 3.83. The lowest BCUT2D eigenvalue weighted by molar-refractivity contribution is 0.640. The Morgan fingerprint density at radius 2 is 1.68 bits per heavy atom. The van der Waals surface area contributed by atoms with E-state index in [4.69, 9.17) is 4.98 Å². The van der Waals surface area contributed by atoms with Crippen LogP contribution in [-0.4, -0.2) is 47.2 Å². The van der Waals surface area contributed by atoms with Crippen molar-refractivity contribution in [3.63, 3.8) is 0 Å². The van der Waals surface area contributed by atoms with Gasteiger partial charge in [-0.05, 0) is 31.9 Å². The number of hydrogen-bond acceptors (Lipinski definition) is 6. The zero-order chi connectivity index (χ0) is 17.1. The number of aryl methyl sites for hydroxylation is 1. The first-order valence-electron chi connectivity index (χ1n) is 9.31. The summed E-state index contributed by atoms with van der Waals surface area (Å²) in [5.74, 6) is 2.88. The number of hydrogen-bond donors (Lipinski definition) is 1. The van der Waals surface area contributed by atoms with Crippen molar-refractivity contribution in [1.29, 1.82) is 0 Å². The molecule has 2 aromatic heterocycles. The number of piperazine rings is 1. The Hall–Kier alpha value is -2.37. The normalized spacial score (nSPS) is 18.6. The lowest BCUT2D eigenvalue weighted by Gasteiger charge is -2.36. The minimum atomic E-state index is 0.538. The first-order chi connectivity index (χ1) is 12.3. The number of anilines is 3. The van der Waals surface area contributed by atoms with Crippen molar-refractivity contribution in [1.82, 2.24) is 15.0 Å². The maximum absolute atomic E-state index is 4.79. The monoisotopic (exact) mass is 338 g/mol. The van der Waals surface area contributed by atoms with Gasteiger partial charge in [-0.3, -0.25) is 0 Å². The molecule has 1 saturated carbocycles. The molecule has 4 rings (SSSR count). The van der Waals surface area contributed by atoms with Gasteiger partial charge >= 0.3 is 0 Å². The van der Waals surface area contributed by atoms with E-state index in [1.807, 2.05) is 18.3 Å². The van der Waals surface area contributed by atoms with Gasteiger partial charge in [-0.1, -0.05) is 18.9 Å². The van der Waals surface area contributed by atoms with Gasteiger partial charge in [0.1, 0.15) is 11.6 Å². The fourth-order valence-corrected chi connectivity index (χ4v) is 3.74. The molecule has 0 atom stereocenters. The minimum Gasteiger partial charge on any atom is -0.353 e. The second-order valence-corrected chi connectivity index (χ2v) is 6.98. The summed E-state index contributed by atoms with van der Waals surface area (Å²) < 4.78 is 0. The topological polar surface area (TPSA) is 57.2 Å². The summed E-state index contributed by atoms with van der Waals surface area (Å²) in [6.07, 6.45) is 6.94. The number of nitrogens with zero attached hydrogens (tertiary/aromatic N) is 5. The molecule has 1 N–H and O–H groups in total. The first-order valence-corrected chi connectivity index (χ1v) is 9.31. The van der Waals surface area contributed by atoms with Crippen LogP contribution in [0.4, 0.5) is 17.6 Å². The molecule has 0 amide bonds. The summed E-state index contributed by atoms with van der Waals surface area (Å²) >= 11 is 0. The summed E-state index contributed by atoms with van der Waals surface area (Å²) in [5, 5.41) is 3.53. The molecule has 0 unspecified atom stereocenters. The van der Waals surface area contributed by atoms with E-state index in [0.717, 1.165) is 49.5 Å². The van der Waals surface area contributed by atoms with Gasteiger partial charge in [-0.15, -0.1) is 0 Å². The van der Waals surface area contributed by atoms with Crippen LogP contribution in [0.15, 0.2) is 30.5 Å². The highest BCUT2D eigenvalue weighted by Crippen LogP contribution is 2.23. The van der Waals surface area contributed by atoms with Crippen LogP contribution in [0.5, 0.6) is 0 Å². The van der Waals surface area contributed by atoms with Crippen molar-refractivity contribution >= 4 is 17.6 Å². The van der Waals surface area contributed by atoms with Gasteiger partial charge < -0.3 is 15.1 Å². The van der Waals surface area contributed by atoms with Crippen LogP contribution in [-0.2, 0) is 0 Å². The molecule has 2 fully saturated rings. The van der Waals surface area contributed by atoms with Crippen molar-refractivity contribution in [2.75, 3.05) is 41.3 Å². The predicted octanol–water partition coefficient (Wildman–Crippen LogP) is 2.86. The molecular formula is C19H26N6. The lowest BCUT2D eigenvalue weighted by atomic mass is 10.2. The number of aromatic nitrogens is 3. The molecule has 2 aliphatic rings. The van der Waals surface area contributed by atoms with Crippen LogP contribution in [0.25, 0.3) is 0 Å². The summed E-state index contributed by atoms with van der Waals surface area (Å²) in [5.41, 5.74) is 1.03. The summed E-state index contributed by atoms with van der Waals surface area (Å²) in [6, 6.07) is 8.71. The molecular weight excluding hydrogens is 312 g/mol. The van der Waals surface area contributed by atoms with Gasteiger partial charge in [-0.2, -0.15) is 4.98 Å². The Balaban J connectivity index is 1.42. The maximum Gasteiger partial charge on any atom is 0.225 e. The molecule has 1 saturated heterocycles. The van der Waals surface area contributed by atoms with Gasteiger partial charge in [0.2, 0.25) is 5.95 Å². The predicted molar refractivity (Wildman–Crippen MR) is 101 cm³/mol. The van der Waals surface area contributed by atoms with Crippen LogP contribution < -0.4 is 15.1 Å². The quantitative estimate of drug-likeness (QED) is 0.925. The van der Waals surface area contributed by atoms with Crippen molar-refractivity contribution in [3.05, 3.63) is 36.2 Å². The maximum atomic E-state index is 4.79. The van der Waals surface area contributed by atoms with Gasteiger partial charge in [0.05, 0.1) is 0 Å². The molecule has 0 spiro atoms. The van der Waals surface area contributed by atoms with E-state index in [2.05, 4.69) is 44.1 Å². The molecule has 6 heteroatoms. The van der Waals surface area contributed by atoms with E-state index in [-0.39, 0.29) is 0 Å². The van der Waals surface area contributed by atoms with Crippen molar-refractivity contribution in [2.45, 2.75) is 38.6 Å². The first kappa shape index (κ1) is 16.1. The third-order valence-corrected chi connectivity index (χ3v) is 5.11. The van der Waals surface area contributed by atoms with Gasteiger partial charge in [-0.25, -0.2) is 9.97 Å². The van der Waals surface area contributed by atoms with Gasteiger partial charge in [0, 0.05) is 50.2 Å². The zero-order valence-electron chi connectivity index (χ0n) is 14.9. The smallest absolute Gasteiger partial charge is 0.225 e. The molecule has 0 bridgehead atoms. The molecule has 2 aromatic rings. The Morgan fingerprint density at radius 3 is 2.36 bits per heavy atom. The number of nitrogens with one attached hydrogen (secondary N) is 1. The molecule has 3 heterocycles. The van der Waals surface area contributed by atoms with Crippen molar-refractivity contribution in [3.8, 4) is 0 Å². The fourth-order valence-electron chi connectivity index (χ4n) is 3.74. The number of rotatable bonds is 4. The van der Waals surface area contributed by atoms with E-state index in [9.17, 15) is 0 Å². The summed E-state index contributed by atoms with van der Waals surface area (Å²) in [7, 11) is 0. The van der Waals surface area contributed by atoms with Gasteiger partial charge in [0.25, 0.3) is 0 Å². The standard InChI is InChI=1S/C19H26N6/c1-15-14-18(23-19(21-15)22-16-6-2-3-7-16)25-12-10-24(11-13-25)17-8-4-5-9-20-17/h4-5,8-9,14,16H,2-3,6-7,10-13H2,1H3,(H,21,22,23). The van der Waals surface area contributed by atoms with E-state index in [0.29, 0.717) is 6.04 Å². The Bertz CT molecular complexity index is 690. The van der Waals surface area contributed by atoms with E-state index in [1.165, 1.54) is 25.7 Å². The van der Waals surface area contributed by atoms with E-state index < -0.39 is 0 Å². The molecule has 1 aliphatic carbocycles. The largest absolute Gasteiger partial charge is 0.353 e. The zero-order valence-corrected chi connectivity index (χ0v) is 14.9. The van der Waals surface area contributed by atoms with Crippen molar-refractivity contribution in [2.24, 2.45) is 0 Å². The third-order valence-electron chi connectivity index (χ3n) is 5.11. The van der Waals surface area contributed by atoms with Crippen LogP contribution in [0.3, 0.4) is 0 Å². The molecule has 132 valence electrons. The number of pyridine rings is 1.